The summed E-state index contributed by atoms with van der Waals surface area (Å²) in [5.74, 6) is -4.44. The second-order valence-electron chi connectivity index (χ2n) is 7.51. The lowest BCUT2D eigenvalue weighted by Gasteiger charge is -2.32. The van der Waals surface area contributed by atoms with Gasteiger partial charge in [0.1, 0.15) is 12.1 Å². The van der Waals surface area contributed by atoms with Gasteiger partial charge in [0.15, 0.2) is 0 Å². The van der Waals surface area contributed by atoms with Crippen LogP contribution >= 0.6 is 0 Å². The summed E-state index contributed by atoms with van der Waals surface area (Å²) in [6, 6.07) is -2.55. The highest BCUT2D eigenvalue weighted by Crippen LogP contribution is 2.64. The summed E-state index contributed by atoms with van der Waals surface area (Å²) < 4.78 is 37.6. The van der Waals surface area contributed by atoms with E-state index in [4.69, 9.17) is 0 Å². The second-order valence-corrected chi connectivity index (χ2v) is 7.51. The molecule has 2 rings (SSSR count). The fourth-order valence-corrected chi connectivity index (χ4v) is 3.79. The van der Waals surface area contributed by atoms with Gasteiger partial charge >= 0.3 is 18.1 Å². The van der Waals surface area contributed by atoms with Gasteiger partial charge in [-0.2, -0.15) is 13.2 Å². The van der Waals surface area contributed by atoms with E-state index in [0.717, 1.165) is 4.90 Å². The average molecular weight is 365 g/mol. The summed E-state index contributed by atoms with van der Waals surface area (Å²) in [7, 11) is 3.08. The summed E-state index contributed by atoms with van der Waals surface area (Å²) in [4.78, 5) is 38.1. The maximum Gasteiger partial charge on any atom is 0.471 e. The van der Waals surface area contributed by atoms with E-state index in [-0.39, 0.29) is 30.3 Å². The second kappa shape index (κ2) is 6.15. The lowest BCUT2D eigenvalue weighted by atomic mass is 10.0. The molecule has 0 aromatic carbocycles. The molecule has 1 heterocycles. The summed E-state index contributed by atoms with van der Waals surface area (Å²) in [6.45, 7) is 3.81. The molecule has 0 aromatic rings. The van der Waals surface area contributed by atoms with E-state index >= 15 is 0 Å². The van der Waals surface area contributed by atoms with Crippen molar-refractivity contribution >= 4 is 17.8 Å². The Morgan fingerprint density at radius 1 is 1.32 bits per heavy atom. The third-order valence-corrected chi connectivity index (χ3v) is 5.15. The molecular weight excluding hydrogens is 343 g/mol. The van der Waals surface area contributed by atoms with Gasteiger partial charge in [-0.3, -0.25) is 9.59 Å². The summed E-state index contributed by atoms with van der Waals surface area (Å²) in [5, 5.41) is 11.2. The molecule has 10 heteroatoms. The van der Waals surface area contributed by atoms with Crippen LogP contribution in [-0.2, 0) is 14.4 Å². The zero-order valence-corrected chi connectivity index (χ0v) is 14.4. The number of carbonyl (C=O) groups is 3. The number of likely N-dealkylation sites (N-methyl/N-ethyl adjacent to an activating group) is 1. The number of carbonyl (C=O) groups excluding carboxylic acids is 2. The third kappa shape index (κ3) is 3.58. The molecule has 1 saturated heterocycles. The van der Waals surface area contributed by atoms with Crippen molar-refractivity contribution in [2.75, 3.05) is 27.2 Å². The summed E-state index contributed by atoms with van der Waals surface area (Å²) in [5.41, 5.74) is -0.216. The number of hydrogen-bond donors (Lipinski definition) is 2. The molecule has 0 spiro atoms. The normalized spacial score (nSPS) is 28.5. The summed E-state index contributed by atoms with van der Waals surface area (Å²) >= 11 is 0. The Morgan fingerprint density at radius 2 is 1.88 bits per heavy atom. The first-order valence-corrected chi connectivity index (χ1v) is 7.84. The first kappa shape index (κ1) is 19.5. The van der Waals surface area contributed by atoms with Crippen LogP contribution in [0.5, 0.6) is 0 Å². The maximum atomic E-state index is 12.7. The fraction of sp³-hybridized carbons (Fsp3) is 0.800. The van der Waals surface area contributed by atoms with E-state index < -0.39 is 36.0 Å². The lowest BCUT2D eigenvalue weighted by Crippen LogP contribution is -2.58. The van der Waals surface area contributed by atoms with Gasteiger partial charge in [-0.25, -0.2) is 4.79 Å². The van der Waals surface area contributed by atoms with Crippen molar-refractivity contribution < 1.29 is 32.7 Å². The topological polar surface area (TPSA) is 90.0 Å². The van der Waals surface area contributed by atoms with Crippen molar-refractivity contribution in [1.82, 2.24) is 15.1 Å². The monoisotopic (exact) mass is 365 g/mol. The molecule has 1 unspecified atom stereocenters. The highest BCUT2D eigenvalue weighted by molar-refractivity contribution is 5.93. The number of carboxylic acid groups (broad SMARTS) is 1. The third-order valence-electron chi connectivity index (χ3n) is 5.15. The molecule has 2 amide bonds. The number of likely N-dealkylation sites (tertiary alicyclic amines) is 1. The predicted octanol–water partition coefficient (Wildman–Crippen LogP) is 0.163. The summed E-state index contributed by atoms with van der Waals surface area (Å²) in [6.07, 6.45) is -5.12. The molecule has 1 aliphatic carbocycles. The smallest absolute Gasteiger partial charge is 0.471 e. The number of piperidine rings is 1. The van der Waals surface area contributed by atoms with Crippen molar-refractivity contribution in [1.29, 1.82) is 0 Å². The van der Waals surface area contributed by atoms with Crippen molar-refractivity contribution in [2.24, 2.45) is 17.3 Å². The van der Waals surface area contributed by atoms with Crippen LogP contribution < -0.4 is 5.32 Å². The van der Waals surface area contributed by atoms with E-state index in [1.165, 1.54) is 4.90 Å². The van der Waals surface area contributed by atoms with E-state index in [1.54, 1.807) is 19.4 Å². The Labute approximate surface area is 143 Å². The number of alkyl halides is 3. The van der Waals surface area contributed by atoms with Crippen molar-refractivity contribution in [3.05, 3.63) is 0 Å². The number of amides is 2. The maximum absolute atomic E-state index is 12.7. The largest absolute Gasteiger partial charge is 0.480 e. The minimum absolute atomic E-state index is 0.00382. The Hall–Kier alpha value is -1.84. The zero-order chi connectivity index (χ0) is 19.3. The van der Waals surface area contributed by atoms with E-state index in [2.05, 4.69) is 0 Å². The van der Waals surface area contributed by atoms with E-state index in [0.29, 0.717) is 0 Å². The van der Waals surface area contributed by atoms with Crippen LogP contribution in [0.1, 0.15) is 13.8 Å². The minimum Gasteiger partial charge on any atom is -0.480 e. The van der Waals surface area contributed by atoms with Gasteiger partial charge in [0, 0.05) is 19.0 Å². The molecule has 1 saturated carbocycles. The lowest BCUT2D eigenvalue weighted by molar-refractivity contribution is -0.175. The SMILES string of the molecule is CN(C)CC(NC(=O)C(F)(F)F)C(=O)N1C[C@H]2[C@@H]([C@H]1C(=O)O)C2(C)C. The van der Waals surface area contributed by atoms with Gasteiger partial charge in [0.05, 0.1) is 0 Å². The Kier molecular flexibility index (Phi) is 4.79. The Morgan fingerprint density at radius 3 is 2.32 bits per heavy atom. The molecule has 142 valence electrons. The number of carboxylic acids is 1. The number of nitrogens with zero attached hydrogens (tertiary/aromatic N) is 2. The first-order valence-electron chi connectivity index (χ1n) is 7.84. The molecule has 0 bridgehead atoms. The molecule has 1 aliphatic heterocycles. The van der Waals surface area contributed by atoms with Gasteiger partial charge in [-0.15, -0.1) is 0 Å². The van der Waals surface area contributed by atoms with Gasteiger partial charge in [-0.1, -0.05) is 13.8 Å². The number of nitrogens with one attached hydrogen (secondary N) is 1. The van der Waals surface area contributed by atoms with E-state index in [1.807, 2.05) is 13.8 Å². The van der Waals surface area contributed by atoms with Crippen LogP contribution in [0.2, 0.25) is 0 Å². The quantitative estimate of drug-likeness (QED) is 0.725. The number of rotatable bonds is 5. The number of halogens is 3. The molecule has 2 fully saturated rings. The predicted molar refractivity (Wildman–Crippen MR) is 80.4 cm³/mol. The molecular formula is C15H22F3N3O4. The van der Waals surface area contributed by atoms with Gasteiger partial charge in [-0.05, 0) is 25.4 Å². The zero-order valence-electron chi connectivity index (χ0n) is 14.4. The van der Waals surface area contributed by atoms with E-state index in [9.17, 15) is 32.7 Å². The molecule has 4 atom stereocenters. The van der Waals surface area contributed by atoms with Crippen LogP contribution in [0.3, 0.4) is 0 Å². The molecule has 0 radical (unpaired) electrons. The number of hydrogen-bond acceptors (Lipinski definition) is 4. The highest BCUT2D eigenvalue weighted by atomic mass is 19.4. The number of fused-ring (bicyclic) bond motifs is 1. The first-order chi connectivity index (χ1) is 11.3. The molecule has 2 N–H and O–H groups in total. The average Bonchev–Trinajstić information content (AvgIpc) is 2.84. The van der Waals surface area contributed by atoms with Crippen molar-refractivity contribution in [2.45, 2.75) is 32.1 Å². The molecule has 2 aliphatic rings. The van der Waals surface area contributed by atoms with Crippen molar-refractivity contribution in [3.63, 3.8) is 0 Å². The fourth-order valence-electron chi connectivity index (χ4n) is 3.79. The van der Waals surface area contributed by atoms with Crippen molar-refractivity contribution in [3.8, 4) is 0 Å². The van der Waals surface area contributed by atoms with Crippen LogP contribution in [0.15, 0.2) is 0 Å². The van der Waals surface area contributed by atoms with Gasteiger partial charge < -0.3 is 20.2 Å². The Bertz CT molecular complexity index is 591. The minimum atomic E-state index is -5.12. The van der Waals surface area contributed by atoms with Gasteiger partial charge in [0.25, 0.3) is 0 Å². The number of aliphatic carboxylic acids is 1. The van der Waals surface area contributed by atoms with Crippen LogP contribution in [0.4, 0.5) is 13.2 Å². The standard InChI is InChI=1S/C15H22F3N3O4/c1-14(2)7-5-21(10(9(7)14)12(23)24)11(22)8(6-20(3)4)19-13(25)15(16,17)18/h7-10H,5-6H2,1-4H3,(H,19,25)(H,23,24)/t7-,8?,9-,10-/m0/s1. The Balaban J connectivity index is 2.19. The molecule has 0 aromatic heterocycles. The highest BCUT2D eigenvalue weighted by Gasteiger charge is 2.69. The van der Waals surface area contributed by atoms with Gasteiger partial charge in [0.2, 0.25) is 5.91 Å². The molecule has 7 nitrogen and oxygen atoms in total. The van der Waals surface area contributed by atoms with Crippen LogP contribution in [-0.4, -0.2) is 78.1 Å². The van der Waals surface area contributed by atoms with Crippen LogP contribution in [0.25, 0.3) is 0 Å². The van der Waals surface area contributed by atoms with Crippen LogP contribution in [0, 0.1) is 17.3 Å². The molecule has 25 heavy (non-hydrogen) atoms.